The molecule has 1 fully saturated rings. The van der Waals surface area contributed by atoms with Gasteiger partial charge in [0.05, 0.1) is 12.6 Å². The van der Waals surface area contributed by atoms with Crippen LogP contribution in [0.1, 0.15) is 30.8 Å². The van der Waals surface area contributed by atoms with E-state index in [4.69, 9.17) is 0 Å². The monoisotopic (exact) mass is 312 g/mol. The lowest BCUT2D eigenvalue weighted by Crippen LogP contribution is -2.46. The smallest absolute Gasteiger partial charge is 0.253 e. The van der Waals surface area contributed by atoms with E-state index in [9.17, 15) is 4.79 Å². The van der Waals surface area contributed by atoms with Crippen LogP contribution < -0.4 is 10.9 Å². The largest absolute Gasteiger partial charge is 0.314 e. The molecule has 1 aromatic carbocycles. The van der Waals surface area contributed by atoms with Gasteiger partial charge < -0.3 is 5.32 Å². The van der Waals surface area contributed by atoms with E-state index >= 15 is 0 Å². The number of hydrogen-bond donors (Lipinski definition) is 1. The fraction of sp³-hybridized carbons (Fsp3) is 0.444. The van der Waals surface area contributed by atoms with Gasteiger partial charge in [-0.3, -0.25) is 14.3 Å². The lowest BCUT2D eigenvalue weighted by atomic mass is 10.1. The molecule has 0 amide bonds. The van der Waals surface area contributed by atoms with E-state index in [-0.39, 0.29) is 11.6 Å². The van der Waals surface area contributed by atoms with Crippen LogP contribution in [-0.4, -0.2) is 40.6 Å². The second-order valence-corrected chi connectivity index (χ2v) is 5.92. The molecule has 1 N–H and O–H groups in total. The highest BCUT2D eigenvalue weighted by Gasteiger charge is 2.24. The molecule has 3 rings (SSSR count). The molecule has 0 bridgehead atoms. The summed E-state index contributed by atoms with van der Waals surface area (Å²) >= 11 is 0. The minimum Gasteiger partial charge on any atom is -0.314 e. The molecule has 1 aromatic heterocycles. The Labute approximate surface area is 137 Å². The molecule has 1 saturated heterocycles. The van der Waals surface area contributed by atoms with Gasteiger partial charge in [-0.2, -0.15) is 0 Å². The summed E-state index contributed by atoms with van der Waals surface area (Å²) in [6.07, 6.45) is 2.59. The average Bonchev–Trinajstić information content (AvgIpc) is 2.60. The topological polar surface area (TPSA) is 50.2 Å². The van der Waals surface area contributed by atoms with Gasteiger partial charge >= 0.3 is 0 Å². The highest BCUT2D eigenvalue weighted by molar-refractivity contribution is 5.16. The maximum atomic E-state index is 12.4. The fourth-order valence-electron chi connectivity index (χ4n) is 3.24. The van der Waals surface area contributed by atoms with Crippen molar-refractivity contribution in [1.29, 1.82) is 0 Å². The van der Waals surface area contributed by atoms with Crippen LogP contribution >= 0.6 is 0 Å². The zero-order valence-electron chi connectivity index (χ0n) is 13.6. The van der Waals surface area contributed by atoms with Crippen molar-refractivity contribution in [2.45, 2.75) is 25.9 Å². The van der Waals surface area contributed by atoms with Gasteiger partial charge in [-0.15, -0.1) is 0 Å². The van der Waals surface area contributed by atoms with Crippen molar-refractivity contribution < 1.29 is 0 Å². The van der Waals surface area contributed by atoms with Crippen LogP contribution in [0.4, 0.5) is 0 Å². The number of hydrogen-bond acceptors (Lipinski definition) is 4. The molecule has 5 heteroatoms. The van der Waals surface area contributed by atoms with E-state index in [0.29, 0.717) is 6.54 Å². The SMILES string of the molecule is CCC(c1nccc(=O)n1Cc1ccccc1)N1CCNCC1. The molecule has 1 aliphatic heterocycles. The number of benzene rings is 1. The zero-order valence-corrected chi connectivity index (χ0v) is 13.6. The predicted molar refractivity (Wildman–Crippen MR) is 91.5 cm³/mol. The van der Waals surface area contributed by atoms with Crippen molar-refractivity contribution in [3.63, 3.8) is 0 Å². The summed E-state index contributed by atoms with van der Waals surface area (Å²) in [5.41, 5.74) is 1.14. The fourth-order valence-corrected chi connectivity index (χ4v) is 3.24. The lowest BCUT2D eigenvalue weighted by molar-refractivity contribution is 0.158. The van der Waals surface area contributed by atoms with E-state index in [2.05, 4.69) is 34.3 Å². The third kappa shape index (κ3) is 3.68. The molecule has 1 unspecified atom stereocenters. The molecule has 2 aromatic rings. The second kappa shape index (κ2) is 7.53. The number of nitrogens with zero attached hydrogens (tertiary/aromatic N) is 3. The van der Waals surface area contributed by atoms with Gasteiger partial charge in [-0.25, -0.2) is 4.98 Å². The van der Waals surface area contributed by atoms with Crippen molar-refractivity contribution in [1.82, 2.24) is 19.8 Å². The van der Waals surface area contributed by atoms with E-state index in [1.807, 2.05) is 22.8 Å². The van der Waals surface area contributed by atoms with Gasteiger partial charge in [0.25, 0.3) is 5.56 Å². The number of piperazine rings is 1. The molecule has 0 saturated carbocycles. The number of nitrogens with one attached hydrogen (secondary N) is 1. The summed E-state index contributed by atoms with van der Waals surface area (Å²) in [6.45, 7) is 6.71. The van der Waals surface area contributed by atoms with Crippen LogP contribution in [-0.2, 0) is 6.54 Å². The maximum absolute atomic E-state index is 12.4. The van der Waals surface area contributed by atoms with Crippen LogP contribution in [0, 0.1) is 0 Å². The third-order valence-electron chi connectivity index (χ3n) is 4.43. The van der Waals surface area contributed by atoms with Gasteiger partial charge in [0, 0.05) is 38.4 Å². The van der Waals surface area contributed by atoms with Crippen LogP contribution in [0.3, 0.4) is 0 Å². The zero-order chi connectivity index (χ0) is 16.1. The quantitative estimate of drug-likeness (QED) is 0.912. The molecule has 0 aliphatic carbocycles. The number of aromatic nitrogens is 2. The third-order valence-corrected chi connectivity index (χ3v) is 4.43. The van der Waals surface area contributed by atoms with Gasteiger partial charge in [0.1, 0.15) is 5.82 Å². The summed E-state index contributed by atoms with van der Waals surface area (Å²) in [5, 5.41) is 3.38. The molecule has 2 heterocycles. The predicted octanol–water partition coefficient (Wildman–Crippen LogP) is 1.65. The normalized spacial score (nSPS) is 17.1. The van der Waals surface area contributed by atoms with Crippen molar-refractivity contribution in [3.05, 3.63) is 64.3 Å². The van der Waals surface area contributed by atoms with E-state index in [0.717, 1.165) is 44.0 Å². The van der Waals surface area contributed by atoms with Crippen LogP contribution in [0.25, 0.3) is 0 Å². The first kappa shape index (κ1) is 15.9. The Morgan fingerprint density at radius 2 is 1.91 bits per heavy atom. The first-order valence-corrected chi connectivity index (χ1v) is 8.34. The summed E-state index contributed by atoms with van der Waals surface area (Å²) in [7, 11) is 0. The highest BCUT2D eigenvalue weighted by atomic mass is 16.1. The van der Waals surface area contributed by atoms with Crippen LogP contribution in [0.5, 0.6) is 0 Å². The maximum Gasteiger partial charge on any atom is 0.253 e. The Hall–Kier alpha value is -1.98. The van der Waals surface area contributed by atoms with Gasteiger partial charge in [0.15, 0.2) is 0 Å². The van der Waals surface area contributed by atoms with Gasteiger partial charge in [0.2, 0.25) is 0 Å². The number of rotatable bonds is 5. The molecule has 0 spiro atoms. The second-order valence-electron chi connectivity index (χ2n) is 5.92. The van der Waals surface area contributed by atoms with E-state index in [1.54, 1.807) is 12.3 Å². The Kier molecular flexibility index (Phi) is 5.20. The lowest BCUT2D eigenvalue weighted by Gasteiger charge is -2.34. The van der Waals surface area contributed by atoms with Gasteiger partial charge in [-0.1, -0.05) is 37.3 Å². The highest BCUT2D eigenvalue weighted by Crippen LogP contribution is 2.22. The van der Waals surface area contributed by atoms with Crippen molar-refractivity contribution >= 4 is 0 Å². The molecule has 0 radical (unpaired) electrons. The molecule has 1 atom stereocenters. The minimum absolute atomic E-state index is 0.0208. The Morgan fingerprint density at radius 1 is 1.17 bits per heavy atom. The molecule has 1 aliphatic rings. The van der Waals surface area contributed by atoms with Crippen molar-refractivity contribution in [2.24, 2.45) is 0 Å². The standard InChI is InChI=1S/C18H24N4O/c1-2-16(21-12-10-19-11-13-21)18-20-9-8-17(23)22(18)14-15-6-4-3-5-7-15/h3-9,16,19H,2,10-14H2,1H3. The Morgan fingerprint density at radius 3 is 2.61 bits per heavy atom. The van der Waals surface area contributed by atoms with Crippen LogP contribution in [0.2, 0.25) is 0 Å². The Bertz CT molecular complexity index is 677. The van der Waals surface area contributed by atoms with Crippen molar-refractivity contribution in [3.8, 4) is 0 Å². The van der Waals surface area contributed by atoms with Crippen LogP contribution in [0.15, 0.2) is 47.4 Å². The first-order chi connectivity index (χ1) is 11.3. The summed E-state index contributed by atoms with van der Waals surface area (Å²) in [5.74, 6) is 0.880. The molecular formula is C18H24N4O. The minimum atomic E-state index is 0.0208. The summed E-state index contributed by atoms with van der Waals surface area (Å²) in [4.78, 5) is 19.5. The molecule has 23 heavy (non-hydrogen) atoms. The van der Waals surface area contributed by atoms with Crippen molar-refractivity contribution in [2.75, 3.05) is 26.2 Å². The Balaban J connectivity index is 1.94. The first-order valence-electron chi connectivity index (χ1n) is 8.34. The molecule has 122 valence electrons. The summed E-state index contributed by atoms with van der Waals surface area (Å²) in [6, 6.07) is 11.8. The summed E-state index contributed by atoms with van der Waals surface area (Å²) < 4.78 is 1.82. The average molecular weight is 312 g/mol. The molecule has 5 nitrogen and oxygen atoms in total. The van der Waals surface area contributed by atoms with Gasteiger partial charge in [-0.05, 0) is 12.0 Å². The van der Waals surface area contributed by atoms with E-state index < -0.39 is 0 Å². The van der Waals surface area contributed by atoms with E-state index in [1.165, 1.54) is 0 Å². The molecular weight excluding hydrogens is 288 g/mol.